The van der Waals surface area contributed by atoms with E-state index in [-0.39, 0.29) is 0 Å². The predicted molar refractivity (Wildman–Crippen MR) is 84.7 cm³/mol. The van der Waals surface area contributed by atoms with Gasteiger partial charge in [-0.15, -0.1) is 46.2 Å². The van der Waals surface area contributed by atoms with Crippen molar-refractivity contribution in [2.24, 2.45) is 23.7 Å². The first-order valence-corrected chi connectivity index (χ1v) is 10.3. The van der Waals surface area contributed by atoms with Gasteiger partial charge in [0.1, 0.15) is 3.14 Å². The van der Waals surface area contributed by atoms with E-state index < -0.39 is 0 Å². The van der Waals surface area contributed by atoms with Gasteiger partial charge < -0.3 is 0 Å². The third-order valence-electron chi connectivity index (χ3n) is 4.96. The molecule has 5 rings (SSSR count). The molecule has 1 aromatic rings. The summed E-state index contributed by atoms with van der Waals surface area (Å²) < 4.78 is 4.17. The monoisotopic (exact) mass is 328 g/mol. The van der Waals surface area contributed by atoms with Crippen LogP contribution in [0, 0.1) is 26.8 Å². The number of rotatable bonds is 0. The van der Waals surface area contributed by atoms with E-state index >= 15 is 0 Å². The lowest BCUT2D eigenvalue weighted by atomic mass is 9.86. The molecule has 3 aliphatic carbocycles. The second kappa shape index (κ2) is 3.88. The smallest absolute Gasteiger partial charge is 0.109 e. The summed E-state index contributed by atoms with van der Waals surface area (Å²) >= 11 is 13.4. The summed E-state index contributed by atoms with van der Waals surface area (Å²) in [5.41, 5.74) is 0. The van der Waals surface area contributed by atoms with E-state index in [0.29, 0.717) is 0 Å². The van der Waals surface area contributed by atoms with E-state index in [4.69, 9.17) is 12.2 Å². The standard InChI is InChI=1S/C13H12S5/c14-13-17-11-12(18-13)16-10-8(15-11)4-7-5-1-2-6(3-5)9(7)10/h1-2,5-10H,3-4H2. The quantitative estimate of drug-likeness (QED) is 0.467. The Bertz CT molecular complexity index is 597. The largest absolute Gasteiger partial charge is 0.145 e. The maximum atomic E-state index is 5.36. The second-order valence-corrected chi connectivity index (χ2v) is 11.9. The highest BCUT2D eigenvalue weighted by molar-refractivity contribution is 8.09. The molecule has 1 aliphatic heterocycles. The summed E-state index contributed by atoms with van der Waals surface area (Å²) in [6.07, 6.45) is 7.94. The highest BCUT2D eigenvalue weighted by Crippen LogP contribution is 2.65. The van der Waals surface area contributed by atoms with Crippen molar-refractivity contribution >= 4 is 58.4 Å². The Labute approximate surface area is 128 Å². The Morgan fingerprint density at radius 1 is 1.00 bits per heavy atom. The van der Waals surface area contributed by atoms with Crippen molar-refractivity contribution in [2.75, 3.05) is 0 Å². The third kappa shape index (κ3) is 1.43. The Morgan fingerprint density at radius 3 is 2.67 bits per heavy atom. The average molecular weight is 329 g/mol. The normalized spacial score (nSPS) is 47.1. The molecule has 6 atom stereocenters. The zero-order valence-electron chi connectivity index (χ0n) is 9.57. The van der Waals surface area contributed by atoms with E-state index in [1.807, 2.05) is 22.7 Å². The molecule has 0 radical (unpaired) electrons. The summed E-state index contributed by atoms with van der Waals surface area (Å²) in [6, 6.07) is 0. The molecule has 0 amide bonds. The summed E-state index contributed by atoms with van der Waals surface area (Å²) in [5.74, 6) is 3.78. The minimum atomic E-state index is 0.864. The van der Waals surface area contributed by atoms with E-state index in [1.54, 1.807) is 0 Å². The molecule has 2 fully saturated rings. The fraction of sp³-hybridized carbons (Fsp3) is 0.615. The minimum absolute atomic E-state index is 0.864. The van der Waals surface area contributed by atoms with E-state index in [2.05, 4.69) is 35.7 Å². The van der Waals surface area contributed by atoms with Crippen molar-refractivity contribution in [1.29, 1.82) is 0 Å². The summed E-state index contributed by atoms with van der Waals surface area (Å²) in [5, 5.41) is 1.73. The van der Waals surface area contributed by atoms with Crippen molar-refractivity contribution in [3.63, 3.8) is 0 Å². The van der Waals surface area contributed by atoms with Crippen LogP contribution in [0.5, 0.6) is 0 Å². The van der Waals surface area contributed by atoms with Crippen molar-refractivity contribution in [3.05, 3.63) is 15.3 Å². The number of hydrogen-bond acceptors (Lipinski definition) is 5. The first kappa shape index (κ1) is 11.4. The molecule has 2 bridgehead atoms. The van der Waals surface area contributed by atoms with Gasteiger partial charge in [0.25, 0.3) is 0 Å². The molecule has 0 aromatic carbocycles. The zero-order valence-corrected chi connectivity index (χ0v) is 13.7. The minimum Gasteiger partial charge on any atom is -0.109 e. The first-order chi connectivity index (χ1) is 8.79. The van der Waals surface area contributed by atoms with Crippen molar-refractivity contribution in [1.82, 2.24) is 0 Å². The van der Waals surface area contributed by atoms with Crippen LogP contribution in [0.4, 0.5) is 0 Å². The average Bonchev–Trinajstić information content (AvgIpc) is 3.03. The van der Waals surface area contributed by atoms with Gasteiger partial charge in [-0.25, -0.2) is 0 Å². The number of fused-ring (bicyclic) bond motifs is 8. The van der Waals surface area contributed by atoms with Crippen LogP contribution in [0.2, 0.25) is 0 Å². The molecule has 0 spiro atoms. The molecule has 4 aliphatic rings. The number of thioether (sulfide) groups is 2. The lowest BCUT2D eigenvalue weighted by Gasteiger charge is -2.29. The lowest BCUT2D eigenvalue weighted by Crippen LogP contribution is -2.26. The molecular formula is C13H12S5. The molecule has 0 nitrogen and oxygen atoms in total. The molecule has 2 heterocycles. The molecule has 94 valence electrons. The number of allylic oxidation sites excluding steroid dienone is 2. The molecule has 0 N–H and O–H groups in total. The van der Waals surface area contributed by atoms with E-state index in [9.17, 15) is 0 Å². The molecular weight excluding hydrogens is 316 g/mol. The van der Waals surface area contributed by atoms with E-state index in [0.717, 1.165) is 37.3 Å². The molecule has 1 aromatic heterocycles. The van der Waals surface area contributed by atoms with Crippen LogP contribution in [0.15, 0.2) is 20.6 Å². The molecule has 18 heavy (non-hydrogen) atoms. The second-order valence-electron chi connectivity index (χ2n) is 5.69. The third-order valence-corrected chi connectivity index (χ3v) is 11.4. The molecule has 5 heteroatoms. The fourth-order valence-corrected chi connectivity index (χ4v) is 11.8. The van der Waals surface area contributed by atoms with Gasteiger partial charge in [-0.3, -0.25) is 0 Å². The zero-order chi connectivity index (χ0) is 11.9. The maximum Gasteiger partial charge on any atom is 0.145 e. The Balaban J connectivity index is 1.55. The highest BCUT2D eigenvalue weighted by atomic mass is 32.2. The molecule has 0 saturated heterocycles. The van der Waals surface area contributed by atoms with Crippen LogP contribution < -0.4 is 0 Å². The highest BCUT2D eigenvalue weighted by Gasteiger charge is 2.56. The Morgan fingerprint density at radius 2 is 1.78 bits per heavy atom. The van der Waals surface area contributed by atoms with Gasteiger partial charge in [0, 0.05) is 10.5 Å². The van der Waals surface area contributed by atoms with Gasteiger partial charge in [-0.05, 0) is 36.5 Å². The van der Waals surface area contributed by atoms with Crippen molar-refractivity contribution in [2.45, 2.75) is 31.8 Å². The number of hydrogen-bond donors (Lipinski definition) is 0. The van der Waals surface area contributed by atoms with Crippen LogP contribution in [-0.4, -0.2) is 10.5 Å². The van der Waals surface area contributed by atoms with Crippen molar-refractivity contribution in [3.8, 4) is 0 Å². The van der Waals surface area contributed by atoms with Gasteiger partial charge in [0.05, 0.1) is 8.42 Å². The van der Waals surface area contributed by atoms with Gasteiger partial charge in [0.2, 0.25) is 0 Å². The van der Waals surface area contributed by atoms with E-state index in [1.165, 1.54) is 21.3 Å². The predicted octanol–water partition coefficient (Wildman–Crippen LogP) is 5.32. The van der Waals surface area contributed by atoms with Gasteiger partial charge in [-0.1, -0.05) is 24.4 Å². The topological polar surface area (TPSA) is 0 Å². The summed E-state index contributed by atoms with van der Waals surface area (Å²) in [7, 11) is 0. The SMILES string of the molecule is S=c1sc2c(s1)SC1C(CC3C4C=CC(C4)C31)S2. The first-order valence-electron chi connectivity index (χ1n) is 6.45. The summed E-state index contributed by atoms with van der Waals surface area (Å²) in [4.78, 5) is 0. The van der Waals surface area contributed by atoms with Crippen LogP contribution in [0.1, 0.15) is 12.8 Å². The Hall–Kier alpha value is 0.710. The molecule has 2 saturated carbocycles. The Kier molecular flexibility index (Phi) is 2.45. The summed E-state index contributed by atoms with van der Waals surface area (Å²) in [6.45, 7) is 0. The van der Waals surface area contributed by atoms with Crippen molar-refractivity contribution < 1.29 is 0 Å². The molecule has 6 unspecified atom stereocenters. The van der Waals surface area contributed by atoms with Gasteiger partial charge >= 0.3 is 0 Å². The van der Waals surface area contributed by atoms with Crippen LogP contribution in [-0.2, 0) is 0 Å². The van der Waals surface area contributed by atoms with Gasteiger partial charge in [-0.2, -0.15) is 0 Å². The lowest BCUT2D eigenvalue weighted by molar-refractivity contribution is 0.369. The van der Waals surface area contributed by atoms with Crippen LogP contribution in [0.3, 0.4) is 0 Å². The fourth-order valence-electron chi connectivity index (χ4n) is 4.36. The van der Waals surface area contributed by atoms with Crippen LogP contribution >= 0.6 is 58.4 Å². The maximum absolute atomic E-state index is 5.36. The van der Waals surface area contributed by atoms with Crippen LogP contribution in [0.25, 0.3) is 0 Å². The van der Waals surface area contributed by atoms with Gasteiger partial charge in [0.15, 0.2) is 0 Å².